The first kappa shape index (κ1) is 11.1. The molecule has 0 aliphatic carbocycles. The van der Waals surface area contributed by atoms with E-state index < -0.39 is 5.91 Å². The Hall–Kier alpha value is -1.42. The molecule has 1 heterocycles. The van der Waals surface area contributed by atoms with Crippen LogP contribution in [-0.4, -0.2) is 10.9 Å². The molecule has 1 atom stereocenters. The number of nitrogens with zero attached hydrogens (tertiary/aromatic N) is 1. The number of hydrogen-bond donors (Lipinski definition) is 1. The molecule has 0 bridgehead atoms. The minimum Gasteiger partial charge on any atom is -0.366 e. The van der Waals surface area contributed by atoms with Gasteiger partial charge in [0.1, 0.15) is 0 Å². The number of benzene rings is 1. The first-order valence-corrected chi connectivity index (χ1v) is 5.84. The van der Waals surface area contributed by atoms with Crippen LogP contribution in [0.15, 0.2) is 30.3 Å². The van der Waals surface area contributed by atoms with Crippen LogP contribution in [0.4, 0.5) is 0 Å². The SMILES string of the molecule is C[C@H](Br)c1nc2ccccc2cc1C(N)=O. The molecule has 0 aliphatic heterocycles. The van der Waals surface area contributed by atoms with Gasteiger partial charge in [0.2, 0.25) is 0 Å². The van der Waals surface area contributed by atoms with E-state index in [1.54, 1.807) is 6.07 Å². The minimum atomic E-state index is -0.445. The van der Waals surface area contributed by atoms with Crippen molar-refractivity contribution < 1.29 is 4.79 Å². The lowest BCUT2D eigenvalue weighted by atomic mass is 10.1. The molecule has 1 amide bonds. The van der Waals surface area contributed by atoms with E-state index in [-0.39, 0.29) is 4.83 Å². The van der Waals surface area contributed by atoms with Gasteiger partial charge in [0.05, 0.1) is 21.6 Å². The molecule has 0 radical (unpaired) electrons. The predicted molar refractivity (Wildman–Crippen MR) is 67.6 cm³/mol. The number of pyridine rings is 1. The summed E-state index contributed by atoms with van der Waals surface area (Å²) >= 11 is 3.42. The van der Waals surface area contributed by atoms with Gasteiger partial charge in [-0.1, -0.05) is 34.1 Å². The fraction of sp³-hybridized carbons (Fsp3) is 0.167. The summed E-state index contributed by atoms with van der Waals surface area (Å²) in [5.41, 5.74) is 7.37. The summed E-state index contributed by atoms with van der Waals surface area (Å²) < 4.78 is 0. The van der Waals surface area contributed by atoms with E-state index in [4.69, 9.17) is 5.73 Å². The average Bonchev–Trinajstić information content (AvgIpc) is 2.27. The van der Waals surface area contributed by atoms with Gasteiger partial charge in [0, 0.05) is 5.39 Å². The zero-order valence-corrected chi connectivity index (χ0v) is 10.4. The largest absolute Gasteiger partial charge is 0.366 e. The van der Waals surface area contributed by atoms with Gasteiger partial charge in [-0.05, 0) is 19.1 Å². The monoisotopic (exact) mass is 278 g/mol. The van der Waals surface area contributed by atoms with Crippen LogP contribution in [0.5, 0.6) is 0 Å². The summed E-state index contributed by atoms with van der Waals surface area (Å²) in [4.78, 5) is 15.8. The molecule has 1 aromatic heterocycles. The summed E-state index contributed by atoms with van der Waals surface area (Å²) in [7, 11) is 0. The van der Waals surface area contributed by atoms with E-state index in [0.717, 1.165) is 10.9 Å². The van der Waals surface area contributed by atoms with Crippen LogP contribution in [0, 0.1) is 0 Å². The van der Waals surface area contributed by atoms with E-state index >= 15 is 0 Å². The Morgan fingerprint density at radius 2 is 2.12 bits per heavy atom. The second-order valence-corrected chi connectivity index (χ2v) is 4.97. The number of nitrogens with two attached hydrogens (primary N) is 1. The maximum absolute atomic E-state index is 11.3. The highest BCUT2D eigenvalue weighted by Gasteiger charge is 2.14. The first-order chi connectivity index (χ1) is 7.59. The minimum absolute atomic E-state index is 0.000365. The number of carbonyl (C=O) groups is 1. The van der Waals surface area contributed by atoms with Crippen LogP contribution in [0.3, 0.4) is 0 Å². The zero-order chi connectivity index (χ0) is 11.7. The maximum atomic E-state index is 11.3. The van der Waals surface area contributed by atoms with Crippen molar-refractivity contribution in [2.24, 2.45) is 5.73 Å². The van der Waals surface area contributed by atoms with Crippen molar-refractivity contribution in [2.45, 2.75) is 11.8 Å². The Morgan fingerprint density at radius 3 is 2.75 bits per heavy atom. The quantitative estimate of drug-likeness (QED) is 0.859. The van der Waals surface area contributed by atoms with E-state index in [1.165, 1.54) is 0 Å². The van der Waals surface area contributed by atoms with Gasteiger partial charge < -0.3 is 5.73 Å². The fourth-order valence-corrected chi connectivity index (χ4v) is 1.98. The van der Waals surface area contributed by atoms with Crippen LogP contribution in [0.2, 0.25) is 0 Å². The third kappa shape index (κ3) is 1.93. The normalized spacial score (nSPS) is 12.6. The lowest BCUT2D eigenvalue weighted by Crippen LogP contribution is -2.15. The van der Waals surface area contributed by atoms with Crippen molar-refractivity contribution in [3.05, 3.63) is 41.6 Å². The van der Waals surface area contributed by atoms with Crippen LogP contribution in [0.25, 0.3) is 10.9 Å². The van der Waals surface area contributed by atoms with E-state index in [0.29, 0.717) is 11.3 Å². The Kier molecular flexibility index (Phi) is 2.92. The van der Waals surface area contributed by atoms with Crippen molar-refractivity contribution in [2.75, 3.05) is 0 Å². The standard InChI is InChI=1S/C12H11BrN2O/c1-7(13)11-9(12(14)16)6-8-4-2-3-5-10(8)15-11/h2-7H,1H3,(H2,14,16)/t7-/m0/s1. The van der Waals surface area contributed by atoms with Crippen LogP contribution < -0.4 is 5.73 Å². The highest BCUT2D eigenvalue weighted by Crippen LogP contribution is 2.26. The lowest BCUT2D eigenvalue weighted by molar-refractivity contribution is 0.0999. The second-order valence-electron chi connectivity index (χ2n) is 3.59. The van der Waals surface area contributed by atoms with E-state index in [9.17, 15) is 4.79 Å². The molecular weight excluding hydrogens is 268 g/mol. The second kappa shape index (κ2) is 4.22. The summed E-state index contributed by atoms with van der Waals surface area (Å²) in [6.45, 7) is 1.92. The zero-order valence-electron chi connectivity index (χ0n) is 8.77. The van der Waals surface area contributed by atoms with Crippen LogP contribution >= 0.6 is 15.9 Å². The number of primary amides is 1. The van der Waals surface area contributed by atoms with E-state index in [2.05, 4.69) is 20.9 Å². The van der Waals surface area contributed by atoms with Crippen molar-refractivity contribution in [3.63, 3.8) is 0 Å². The van der Waals surface area contributed by atoms with Crippen LogP contribution in [-0.2, 0) is 0 Å². The molecule has 0 aliphatic rings. The molecular formula is C12H11BrN2O. The number of para-hydroxylation sites is 1. The van der Waals surface area contributed by atoms with Gasteiger partial charge in [-0.25, -0.2) is 0 Å². The molecule has 2 rings (SSSR count). The molecule has 82 valence electrons. The molecule has 4 heteroatoms. The number of rotatable bonds is 2. The molecule has 0 saturated heterocycles. The Balaban J connectivity index is 2.76. The number of amides is 1. The van der Waals surface area contributed by atoms with Gasteiger partial charge in [-0.3, -0.25) is 9.78 Å². The third-order valence-electron chi connectivity index (χ3n) is 2.40. The molecule has 3 nitrogen and oxygen atoms in total. The molecule has 16 heavy (non-hydrogen) atoms. The number of alkyl halides is 1. The highest BCUT2D eigenvalue weighted by molar-refractivity contribution is 9.09. The number of carbonyl (C=O) groups excluding carboxylic acids is 1. The maximum Gasteiger partial charge on any atom is 0.250 e. The topological polar surface area (TPSA) is 56.0 Å². The molecule has 0 spiro atoms. The summed E-state index contributed by atoms with van der Waals surface area (Å²) in [5, 5.41) is 0.924. The molecule has 0 unspecified atom stereocenters. The third-order valence-corrected chi connectivity index (χ3v) is 2.83. The number of halogens is 1. The summed E-state index contributed by atoms with van der Waals surface area (Å²) in [6.07, 6.45) is 0. The molecule has 0 fully saturated rings. The molecule has 2 N–H and O–H groups in total. The summed E-state index contributed by atoms with van der Waals surface area (Å²) in [6, 6.07) is 9.45. The number of fused-ring (bicyclic) bond motifs is 1. The first-order valence-electron chi connectivity index (χ1n) is 4.93. The average molecular weight is 279 g/mol. The van der Waals surface area contributed by atoms with Gasteiger partial charge in [-0.2, -0.15) is 0 Å². The van der Waals surface area contributed by atoms with Crippen molar-refractivity contribution in [1.29, 1.82) is 0 Å². The predicted octanol–water partition coefficient (Wildman–Crippen LogP) is 2.79. The number of aromatic nitrogens is 1. The molecule has 0 saturated carbocycles. The van der Waals surface area contributed by atoms with Gasteiger partial charge >= 0.3 is 0 Å². The van der Waals surface area contributed by atoms with Crippen molar-refractivity contribution in [1.82, 2.24) is 4.98 Å². The fourth-order valence-electron chi connectivity index (χ4n) is 1.63. The smallest absolute Gasteiger partial charge is 0.250 e. The Labute approximate surface area is 102 Å². The molecule has 1 aromatic carbocycles. The van der Waals surface area contributed by atoms with Crippen LogP contribution in [0.1, 0.15) is 27.8 Å². The summed E-state index contributed by atoms with van der Waals surface area (Å²) in [5.74, 6) is -0.445. The lowest BCUT2D eigenvalue weighted by Gasteiger charge is -2.09. The van der Waals surface area contributed by atoms with E-state index in [1.807, 2.05) is 31.2 Å². The van der Waals surface area contributed by atoms with Gasteiger partial charge in [0.25, 0.3) is 5.91 Å². The van der Waals surface area contributed by atoms with Crippen molar-refractivity contribution in [3.8, 4) is 0 Å². The van der Waals surface area contributed by atoms with Crippen molar-refractivity contribution >= 4 is 32.7 Å². The van der Waals surface area contributed by atoms with Gasteiger partial charge in [-0.15, -0.1) is 0 Å². The highest BCUT2D eigenvalue weighted by atomic mass is 79.9. The number of hydrogen-bond acceptors (Lipinski definition) is 2. The Morgan fingerprint density at radius 1 is 1.44 bits per heavy atom. The Bertz CT molecular complexity index is 552. The van der Waals surface area contributed by atoms with Gasteiger partial charge in [0.15, 0.2) is 0 Å². The molecule has 2 aromatic rings.